The minimum Gasteiger partial charge on any atom is -0.355 e. The fraction of sp³-hybridized carbons (Fsp3) is 1.00. The normalized spacial score (nSPS) is 16.6. The molecule has 0 amide bonds. The Kier molecular flexibility index (Phi) is 16.1. The Morgan fingerprint density at radius 2 is 0.419 bits per heavy atom. The molecule has 41 heteroatoms. The van der Waals surface area contributed by atoms with Crippen LogP contribution in [0, 0.1) is 0 Å². The zero-order valence-electron chi connectivity index (χ0n) is 27.1. The molecule has 3 nitrogen and oxygen atoms in total. The molecule has 0 aliphatic carbocycles. The van der Waals surface area contributed by atoms with E-state index >= 15 is 0 Å². The molecule has 0 spiro atoms. The lowest BCUT2D eigenvalue weighted by molar-refractivity contribution is -0.416. The Labute approximate surface area is 319 Å². The van der Waals surface area contributed by atoms with Crippen molar-refractivity contribution in [2.75, 3.05) is 19.8 Å². The Morgan fingerprint density at radius 3 is 0.548 bits per heavy atom. The van der Waals surface area contributed by atoms with Crippen molar-refractivity contribution >= 4 is 19.2 Å². The van der Waals surface area contributed by atoms with E-state index in [0.717, 1.165) is 0 Å². The quantitative estimate of drug-likeness (QED) is 0.0548. The van der Waals surface area contributed by atoms with Gasteiger partial charge in [0, 0.05) is 0 Å². The molecular weight excluding hydrogens is 1050 g/mol. The standard InChI is InChI=1S/C21H9ClF36O3Si/c22-62(59-1-7(29,30)13(41,42)19(53,54)16(47,48)10(35,36)4(23)24,60-2-8(31,32)14(43,44)20(55,56)17(49,50)11(37,38)5(25)26)61-3-9(33,34)15(45,46)21(57,58)18(51,52)12(39,40)6(27)28/h4-6H,1-3H2. The molecule has 0 fully saturated rings. The zero-order chi connectivity index (χ0) is 51.0. The average Bonchev–Trinajstić information content (AvgIpc) is 3.07. The molecule has 0 saturated carbocycles. The van der Waals surface area contributed by atoms with Gasteiger partial charge >= 0.3 is 116 Å². The van der Waals surface area contributed by atoms with Crippen LogP contribution in [0.3, 0.4) is 0 Å². The van der Waals surface area contributed by atoms with Crippen LogP contribution in [0.5, 0.6) is 0 Å². The monoisotopic (exact) mass is 1060 g/mol. The minimum atomic E-state index is -8.70. The number of rotatable bonds is 24. The third-order valence-electron chi connectivity index (χ3n) is 7.10. The molecule has 0 aromatic carbocycles. The van der Waals surface area contributed by atoms with Crippen LogP contribution < -0.4 is 0 Å². The van der Waals surface area contributed by atoms with Crippen molar-refractivity contribution in [3.63, 3.8) is 0 Å². The molecule has 62 heavy (non-hydrogen) atoms. The maximum atomic E-state index is 14.2. The highest BCUT2D eigenvalue weighted by molar-refractivity contribution is 7.09. The fourth-order valence-electron chi connectivity index (χ4n) is 3.25. The predicted octanol–water partition coefficient (Wildman–Crippen LogP) is 12.0. The number of hydrogen-bond donors (Lipinski definition) is 0. The van der Waals surface area contributed by atoms with Gasteiger partial charge in [-0.05, 0) is 0 Å². The SMILES string of the molecule is FC(F)C(F)(F)C(F)(F)C(F)(F)C(F)(F)C(F)(F)CO[Si](Cl)(OCC(F)(F)C(F)(F)C(F)(F)C(F)(F)C(F)(F)C(F)F)OCC(F)(F)C(F)(F)C(F)(F)C(F)(F)C(F)(F)C(F)F. The van der Waals surface area contributed by atoms with Crippen LogP contribution in [-0.4, -0.2) is 136 Å². The van der Waals surface area contributed by atoms with E-state index in [0.29, 0.717) is 0 Å². The number of hydrogen-bond acceptors (Lipinski definition) is 3. The van der Waals surface area contributed by atoms with Gasteiger partial charge in [0.25, 0.3) is 0 Å². The number of halogens is 37. The lowest BCUT2D eigenvalue weighted by Crippen LogP contribution is -2.70. The van der Waals surface area contributed by atoms with Crippen molar-refractivity contribution in [1.82, 2.24) is 0 Å². The summed E-state index contributed by atoms with van der Waals surface area (Å²) in [5.41, 5.74) is 0. The molecule has 0 unspecified atom stereocenters. The first-order valence-electron chi connectivity index (χ1n) is 13.6. The van der Waals surface area contributed by atoms with E-state index < -0.39 is 136 Å². The molecule has 0 radical (unpaired) electrons. The van der Waals surface area contributed by atoms with E-state index in [4.69, 9.17) is 0 Å². The molecule has 0 aliphatic rings. The van der Waals surface area contributed by atoms with E-state index in [2.05, 4.69) is 24.4 Å². The van der Waals surface area contributed by atoms with Gasteiger partial charge in [0.15, 0.2) is 0 Å². The molecule has 0 aliphatic heterocycles. The van der Waals surface area contributed by atoms with Crippen molar-refractivity contribution in [1.29, 1.82) is 0 Å². The first-order chi connectivity index (χ1) is 26.5. The Bertz CT molecular complexity index is 1350. The highest BCUT2D eigenvalue weighted by Crippen LogP contribution is 2.61. The Hall–Kier alpha value is -2.13. The second-order valence-corrected chi connectivity index (χ2v) is 14.6. The maximum Gasteiger partial charge on any atom is 0.613 e. The summed E-state index contributed by atoms with van der Waals surface area (Å²) in [6.45, 7) is -14.0. The second-order valence-electron chi connectivity index (χ2n) is 11.4. The third-order valence-corrected chi connectivity index (χ3v) is 9.55. The van der Waals surface area contributed by atoms with E-state index in [9.17, 15) is 158 Å². The third kappa shape index (κ3) is 8.92. The van der Waals surface area contributed by atoms with Crippen LogP contribution >= 0.6 is 11.1 Å². The van der Waals surface area contributed by atoms with Crippen LogP contribution in [0.2, 0.25) is 0 Å². The van der Waals surface area contributed by atoms with E-state index in [1.807, 2.05) is 0 Å². The van der Waals surface area contributed by atoms with Gasteiger partial charge in [0.2, 0.25) is 0 Å². The summed E-state index contributed by atoms with van der Waals surface area (Å²) >= 11 is 4.54. The molecule has 0 heterocycles. The molecule has 0 N–H and O–H groups in total. The summed E-state index contributed by atoms with van der Waals surface area (Å²) in [6, 6.07) is 0. The molecule has 0 aromatic rings. The molecule has 0 bridgehead atoms. The Balaban J connectivity index is 7.55. The molecule has 0 saturated heterocycles. The van der Waals surface area contributed by atoms with Crippen LogP contribution in [-0.2, 0) is 13.3 Å². The number of alkyl halides is 36. The van der Waals surface area contributed by atoms with Crippen molar-refractivity contribution in [3.8, 4) is 0 Å². The van der Waals surface area contributed by atoms with Crippen LogP contribution in [0.1, 0.15) is 0 Å². The summed E-state index contributed by atoms with van der Waals surface area (Å²) in [6.07, 6.45) is -18.7. The van der Waals surface area contributed by atoms with Gasteiger partial charge in [-0.2, -0.15) is 132 Å². The fourth-order valence-corrected chi connectivity index (χ4v) is 5.05. The maximum absolute atomic E-state index is 14.2. The zero-order valence-corrected chi connectivity index (χ0v) is 28.8. The minimum absolute atomic E-state index is 2.76. The lowest BCUT2D eigenvalue weighted by Gasteiger charge is -2.41. The largest absolute Gasteiger partial charge is 0.613 e. The average molecular weight is 1060 g/mol. The van der Waals surface area contributed by atoms with Crippen molar-refractivity contribution in [2.24, 2.45) is 0 Å². The summed E-state index contributed by atoms with van der Waals surface area (Å²) in [5, 5.41) is 0. The van der Waals surface area contributed by atoms with Gasteiger partial charge in [-0.3, -0.25) is 0 Å². The molecule has 0 aromatic heterocycles. The summed E-state index contributed by atoms with van der Waals surface area (Å²) < 4.78 is 491. The van der Waals surface area contributed by atoms with Crippen LogP contribution in [0.4, 0.5) is 158 Å². The first kappa shape index (κ1) is 59.9. The van der Waals surface area contributed by atoms with Gasteiger partial charge in [-0.25, -0.2) is 26.3 Å². The summed E-state index contributed by atoms with van der Waals surface area (Å²) in [4.78, 5) is 0. The van der Waals surface area contributed by atoms with Gasteiger partial charge < -0.3 is 13.3 Å². The van der Waals surface area contributed by atoms with Crippen molar-refractivity contribution in [2.45, 2.75) is 108 Å². The Morgan fingerprint density at radius 1 is 0.274 bits per heavy atom. The van der Waals surface area contributed by atoms with Crippen LogP contribution in [0.15, 0.2) is 0 Å². The highest BCUT2D eigenvalue weighted by Gasteiger charge is 2.91. The van der Waals surface area contributed by atoms with E-state index in [1.165, 1.54) is 0 Å². The van der Waals surface area contributed by atoms with Gasteiger partial charge in [-0.1, -0.05) is 11.1 Å². The van der Waals surface area contributed by atoms with Gasteiger partial charge in [-0.15, -0.1) is 0 Å². The van der Waals surface area contributed by atoms with Gasteiger partial charge in [0.1, 0.15) is 19.8 Å². The molecular formula is C21H9ClF36O3Si. The highest BCUT2D eigenvalue weighted by atomic mass is 35.6. The van der Waals surface area contributed by atoms with Crippen LogP contribution in [0.25, 0.3) is 0 Å². The van der Waals surface area contributed by atoms with E-state index in [-0.39, 0.29) is 0 Å². The molecule has 0 atom stereocenters. The van der Waals surface area contributed by atoms with Crippen molar-refractivity contribution < 1.29 is 171 Å². The molecule has 0 rings (SSSR count). The first-order valence-corrected chi connectivity index (χ1v) is 16.3. The predicted molar refractivity (Wildman–Crippen MR) is 122 cm³/mol. The van der Waals surface area contributed by atoms with E-state index in [1.54, 1.807) is 0 Å². The van der Waals surface area contributed by atoms with Gasteiger partial charge in [0.05, 0.1) is 0 Å². The molecule has 374 valence electrons. The topological polar surface area (TPSA) is 27.7 Å². The van der Waals surface area contributed by atoms with Crippen molar-refractivity contribution in [3.05, 3.63) is 0 Å². The lowest BCUT2D eigenvalue weighted by atomic mass is 9.95. The summed E-state index contributed by atoms with van der Waals surface area (Å²) in [7, 11) is -8.36. The second kappa shape index (κ2) is 16.6. The summed E-state index contributed by atoms with van der Waals surface area (Å²) in [5.74, 6) is -124. The smallest absolute Gasteiger partial charge is 0.355 e.